The number of hydrogen-bond donors (Lipinski definition) is 1. The number of benzene rings is 2. The molecule has 4 rings (SSSR count). The number of sulfonamides is 1. The quantitative estimate of drug-likeness (QED) is 0.716. The predicted molar refractivity (Wildman–Crippen MR) is 120 cm³/mol. The topological polar surface area (TPSA) is 96.0 Å². The number of nitrogens with zero attached hydrogens (tertiary/aromatic N) is 2. The number of carbonyl (C=O) groups is 2. The Morgan fingerprint density at radius 3 is 2.31 bits per heavy atom. The number of methoxy groups -OCH3 is 1. The molecule has 2 aliphatic rings. The minimum absolute atomic E-state index is 0.0340. The zero-order valence-electron chi connectivity index (χ0n) is 17.9. The molecule has 0 spiro atoms. The number of anilines is 1. The lowest BCUT2D eigenvalue weighted by Gasteiger charge is -2.33. The number of amides is 2. The predicted octanol–water partition coefficient (Wildman–Crippen LogP) is 2.02. The van der Waals surface area contributed by atoms with E-state index in [0.29, 0.717) is 38.2 Å². The van der Waals surface area contributed by atoms with Crippen LogP contribution in [0, 0.1) is 5.92 Å². The van der Waals surface area contributed by atoms with E-state index in [1.165, 1.54) is 19.2 Å². The molecular formula is C23H27N3O5S. The molecule has 1 N–H and O–H groups in total. The van der Waals surface area contributed by atoms with E-state index in [1.807, 2.05) is 30.3 Å². The van der Waals surface area contributed by atoms with Gasteiger partial charge in [0, 0.05) is 37.8 Å². The fraction of sp³-hybridized carbons (Fsp3) is 0.391. The Balaban J connectivity index is 1.31. The second-order valence-corrected chi connectivity index (χ2v) is 9.85. The van der Waals surface area contributed by atoms with Crippen molar-refractivity contribution in [3.05, 3.63) is 54.6 Å². The zero-order chi connectivity index (χ0) is 22.7. The van der Waals surface area contributed by atoms with Crippen molar-refractivity contribution < 1.29 is 22.7 Å². The SMILES string of the molecule is COc1ccc(S(=O)(=O)NC2CCN(C(=O)[C@H]3CC(=O)N(c4ccccc4)C3)CC2)cc1. The molecule has 0 aliphatic carbocycles. The lowest BCUT2D eigenvalue weighted by molar-refractivity contribution is -0.136. The molecule has 9 heteroatoms. The Morgan fingerprint density at radius 2 is 1.69 bits per heavy atom. The first-order valence-electron chi connectivity index (χ1n) is 10.7. The van der Waals surface area contributed by atoms with Crippen molar-refractivity contribution in [3.63, 3.8) is 0 Å². The number of rotatable bonds is 6. The molecule has 2 aromatic carbocycles. The number of nitrogens with one attached hydrogen (secondary N) is 1. The van der Waals surface area contributed by atoms with Crippen molar-refractivity contribution in [3.8, 4) is 5.75 Å². The molecule has 1 atom stereocenters. The monoisotopic (exact) mass is 457 g/mol. The van der Waals surface area contributed by atoms with Gasteiger partial charge in [-0.25, -0.2) is 13.1 Å². The van der Waals surface area contributed by atoms with Crippen LogP contribution in [-0.2, 0) is 19.6 Å². The van der Waals surface area contributed by atoms with E-state index in [9.17, 15) is 18.0 Å². The average molecular weight is 458 g/mol. The molecule has 2 aromatic rings. The van der Waals surface area contributed by atoms with E-state index in [0.717, 1.165) is 5.69 Å². The van der Waals surface area contributed by atoms with Gasteiger partial charge in [-0.15, -0.1) is 0 Å². The first-order valence-corrected chi connectivity index (χ1v) is 12.2. The zero-order valence-corrected chi connectivity index (χ0v) is 18.8. The molecule has 2 amide bonds. The molecule has 8 nitrogen and oxygen atoms in total. The highest BCUT2D eigenvalue weighted by Gasteiger charge is 2.38. The third-order valence-electron chi connectivity index (χ3n) is 6.04. The Kier molecular flexibility index (Phi) is 6.48. The highest BCUT2D eigenvalue weighted by atomic mass is 32.2. The number of para-hydroxylation sites is 1. The summed E-state index contributed by atoms with van der Waals surface area (Å²) in [5, 5.41) is 0. The van der Waals surface area contributed by atoms with Crippen LogP contribution in [-0.4, -0.2) is 57.9 Å². The van der Waals surface area contributed by atoms with Crippen molar-refractivity contribution in [2.24, 2.45) is 5.92 Å². The van der Waals surface area contributed by atoms with Crippen LogP contribution in [0.2, 0.25) is 0 Å². The summed E-state index contributed by atoms with van der Waals surface area (Å²) in [6.45, 7) is 1.31. The van der Waals surface area contributed by atoms with Crippen molar-refractivity contribution in [2.75, 3.05) is 31.6 Å². The minimum Gasteiger partial charge on any atom is -0.497 e. The van der Waals surface area contributed by atoms with Crippen molar-refractivity contribution >= 4 is 27.5 Å². The van der Waals surface area contributed by atoms with Crippen LogP contribution in [0.5, 0.6) is 5.75 Å². The van der Waals surface area contributed by atoms with Crippen LogP contribution < -0.4 is 14.4 Å². The minimum atomic E-state index is -3.64. The number of hydrogen-bond acceptors (Lipinski definition) is 5. The molecule has 0 radical (unpaired) electrons. The van der Waals surface area contributed by atoms with Gasteiger partial charge < -0.3 is 14.5 Å². The van der Waals surface area contributed by atoms with Crippen LogP contribution in [0.4, 0.5) is 5.69 Å². The molecule has 0 unspecified atom stereocenters. The molecule has 32 heavy (non-hydrogen) atoms. The first kappa shape index (κ1) is 22.3. The van der Waals surface area contributed by atoms with Crippen molar-refractivity contribution in [1.29, 1.82) is 0 Å². The van der Waals surface area contributed by atoms with Gasteiger partial charge in [-0.05, 0) is 49.2 Å². The summed E-state index contributed by atoms with van der Waals surface area (Å²) in [7, 11) is -2.12. The van der Waals surface area contributed by atoms with E-state index in [2.05, 4.69) is 4.72 Å². The maximum Gasteiger partial charge on any atom is 0.240 e. The third kappa shape index (κ3) is 4.78. The molecule has 0 aromatic heterocycles. The summed E-state index contributed by atoms with van der Waals surface area (Å²) in [5.41, 5.74) is 0.805. The fourth-order valence-corrected chi connectivity index (χ4v) is 5.55. The van der Waals surface area contributed by atoms with Gasteiger partial charge in [0.05, 0.1) is 17.9 Å². The normalized spacial score (nSPS) is 19.9. The van der Waals surface area contributed by atoms with Crippen LogP contribution in [0.1, 0.15) is 19.3 Å². The lowest BCUT2D eigenvalue weighted by Crippen LogP contribution is -2.48. The molecule has 2 saturated heterocycles. The Morgan fingerprint density at radius 1 is 1.03 bits per heavy atom. The van der Waals surface area contributed by atoms with Gasteiger partial charge in [0.2, 0.25) is 21.8 Å². The summed E-state index contributed by atoms with van der Waals surface area (Å²) in [5.74, 6) is 0.146. The van der Waals surface area contributed by atoms with Gasteiger partial charge >= 0.3 is 0 Å². The maximum atomic E-state index is 13.0. The second kappa shape index (κ2) is 9.30. The fourth-order valence-electron chi connectivity index (χ4n) is 4.25. The lowest BCUT2D eigenvalue weighted by atomic mass is 10.0. The number of likely N-dealkylation sites (tertiary alicyclic amines) is 1. The van der Waals surface area contributed by atoms with Crippen molar-refractivity contribution in [2.45, 2.75) is 30.2 Å². The number of piperidine rings is 1. The van der Waals surface area contributed by atoms with Gasteiger partial charge in [0.25, 0.3) is 0 Å². The Hall–Kier alpha value is -2.91. The van der Waals surface area contributed by atoms with E-state index >= 15 is 0 Å². The standard InChI is InChI=1S/C23H27N3O5S/c1-31-20-7-9-21(10-8-20)32(29,30)24-18-11-13-25(14-12-18)23(28)17-15-22(27)26(16-17)19-5-3-2-4-6-19/h2-10,17-18,24H,11-16H2,1H3/t17-/m0/s1. The number of carbonyl (C=O) groups excluding carboxylic acids is 2. The Bertz CT molecular complexity index is 1060. The summed E-state index contributed by atoms with van der Waals surface area (Å²) >= 11 is 0. The van der Waals surface area contributed by atoms with Crippen LogP contribution in [0.25, 0.3) is 0 Å². The van der Waals surface area contributed by atoms with E-state index < -0.39 is 10.0 Å². The Labute approximate surface area is 188 Å². The second-order valence-electron chi connectivity index (χ2n) is 8.14. The van der Waals surface area contributed by atoms with Crippen LogP contribution in [0.15, 0.2) is 59.5 Å². The van der Waals surface area contributed by atoms with Crippen LogP contribution >= 0.6 is 0 Å². The van der Waals surface area contributed by atoms with Gasteiger partial charge in [-0.2, -0.15) is 0 Å². The van der Waals surface area contributed by atoms with Gasteiger partial charge in [-0.3, -0.25) is 9.59 Å². The smallest absolute Gasteiger partial charge is 0.240 e. The highest BCUT2D eigenvalue weighted by Crippen LogP contribution is 2.27. The van der Waals surface area contributed by atoms with Crippen molar-refractivity contribution in [1.82, 2.24) is 9.62 Å². The van der Waals surface area contributed by atoms with Gasteiger partial charge in [0.15, 0.2) is 0 Å². The molecule has 2 heterocycles. The van der Waals surface area contributed by atoms with E-state index in [1.54, 1.807) is 21.9 Å². The summed E-state index contributed by atoms with van der Waals surface area (Å²) in [6, 6.07) is 15.4. The molecule has 0 saturated carbocycles. The van der Waals surface area contributed by atoms with E-state index in [4.69, 9.17) is 4.74 Å². The maximum absolute atomic E-state index is 13.0. The van der Waals surface area contributed by atoms with Gasteiger partial charge in [-0.1, -0.05) is 18.2 Å². The van der Waals surface area contributed by atoms with Crippen LogP contribution in [0.3, 0.4) is 0 Å². The highest BCUT2D eigenvalue weighted by molar-refractivity contribution is 7.89. The largest absolute Gasteiger partial charge is 0.497 e. The molecule has 2 fully saturated rings. The third-order valence-corrected chi connectivity index (χ3v) is 7.58. The molecular weight excluding hydrogens is 430 g/mol. The molecule has 2 aliphatic heterocycles. The summed E-state index contributed by atoms with van der Waals surface area (Å²) in [4.78, 5) is 29.0. The summed E-state index contributed by atoms with van der Waals surface area (Å²) in [6.07, 6.45) is 1.27. The first-order chi connectivity index (χ1) is 15.4. The van der Waals surface area contributed by atoms with E-state index in [-0.39, 0.29) is 35.1 Å². The molecule has 0 bridgehead atoms. The van der Waals surface area contributed by atoms with Gasteiger partial charge in [0.1, 0.15) is 5.75 Å². The average Bonchev–Trinajstić information content (AvgIpc) is 3.21. The number of ether oxygens (including phenoxy) is 1. The molecule has 170 valence electrons. The summed E-state index contributed by atoms with van der Waals surface area (Å²) < 4.78 is 33.1.